The van der Waals surface area contributed by atoms with Gasteiger partial charge in [0.25, 0.3) is 0 Å². The number of phenolic OH excluding ortho intramolecular Hbond substituents is 1. The van der Waals surface area contributed by atoms with E-state index in [2.05, 4.69) is 84.4 Å². The number of carbonyl (C=O) groups is 17. The van der Waals surface area contributed by atoms with E-state index in [0.29, 0.717) is 57.8 Å². The lowest BCUT2D eigenvalue weighted by Crippen LogP contribution is -2.61. The Balaban J connectivity index is 1.13. The number of benzene rings is 3. The number of phenols is 1. The molecule has 714 valence electrons. The Morgan fingerprint density at radius 1 is 0.477 bits per heavy atom. The average Bonchev–Trinajstić information content (AvgIpc) is 1.65. The van der Waals surface area contributed by atoms with Crippen LogP contribution in [-0.4, -0.2) is 265 Å². The third-order valence-corrected chi connectivity index (χ3v) is 23.0. The molecule has 0 spiro atoms. The number of para-hydroxylation sites is 2. The van der Waals surface area contributed by atoms with Gasteiger partial charge in [0.2, 0.25) is 94.5 Å². The molecule has 1 saturated heterocycles. The Kier molecular flexibility index (Phi) is 43.0. The first-order valence-corrected chi connectivity index (χ1v) is 45.3. The molecule has 1 aliphatic rings. The Hall–Kier alpha value is -12.2. The summed E-state index contributed by atoms with van der Waals surface area (Å²) < 4.78 is 0. The molecule has 0 aliphatic carbocycles. The smallest absolute Gasteiger partial charge is 0.322 e. The molecule has 0 unspecified atom stereocenters. The number of nitrogens with one attached hydrogen (secondary N) is 16. The molecule has 24 N–H and O–H groups in total. The predicted molar refractivity (Wildman–Crippen MR) is 484 cm³/mol. The second kappa shape index (κ2) is 52.4. The van der Waals surface area contributed by atoms with Gasteiger partial charge in [0, 0.05) is 66.4 Å². The number of primary amides is 1. The number of hydrogen-bond donors (Lipinski definition) is 22. The number of amides is 16. The number of aromatic amines is 2. The van der Waals surface area contributed by atoms with Gasteiger partial charge < -0.3 is 121 Å². The molecule has 0 radical (unpaired) electrons. The molecule has 3 aromatic carbocycles. The minimum absolute atomic E-state index is 0.00834. The van der Waals surface area contributed by atoms with Crippen LogP contribution in [0.1, 0.15) is 157 Å². The van der Waals surface area contributed by atoms with Crippen molar-refractivity contribution in [3.05, 3.63) is 102 Å². The molecule has 0 saturated carbocycles. The highest BCUT2D eigenvalue weighted by Crippen LogP contribution is 2.26. The lowest BCUT2D eigenvalue weighted by molar-refractivity contribution is -0.142. The van der Waals surface area contributed by atoms with Crippen LogP contribution < -0.4 is 85.9 Å². The molecular weight excluding hydrogens is 1700 g/mol. The SMILES string of the molecule is CC[C@H](C)[C@H](NC(=O)[C@H](Cc1c[nH]c2ccccc12)NC(=O)[C@H](CCC(N)=O)NC(=O)[C@H](CC(C)C)NC(=O)[C@@H]1CCCN1C(=O)[C@H](Cc1c[nH]c2ccccc12)NC(=O)[C@H](CCSC)NC(=O)CNC(=O)[C@@H](NC(=O)[C@H](CO)NC(=O)CNC(=O)[C@H](CC(C)C)NC(=O)[C@H](Cc1ccc(O)cc1)NC(=O)[C@@H](NC(=O)[C@@H](N)CC(C)C)[C@@H](C)CC)[C@@H](C)O)C(=O)NCC(=O)O. The first-order valence-electron chi connectivity index (χ1n) is 43.9. The quantitative estimate of drug-likeness (QED) is 0.0224. The molecule has 0 bridgehead atoms. The molecule has 5 aromatic rings. The topological polar surface area (TPSA) is 626 Å². The zero-order chi connectivity index (χ0) is 96.3. The normalized spacial score (nSPS) is 16.0. The molecule has 41 heteroatoms. The summed E-state index contributed by atoms with van der Waals surface area (Å²) in [6, 6.07) is 1.82. The summed E-state index contributed by atoms with van der Waals surface area (Å²) in [6.45, 7) is 15.4. The number of carboxylic acid groups (broad SMARTS) is 1. The summed E-state index contributed by atoms with van der Waals surface area (Å²) in [4.78, 5) is 245. The highest BCUT2D eigenvalue weighted by atomic mass is 32.2. The highest BCUT2D eigenvalue weighted by Gasteiger charge is 2.43. The summed E-state index contributed by atoms with van der Waals surface area (Å²) >= 11 is 1.31. The maximum absolute atomic E-state index is 15.4. The summed E-state index contributed by atoms with van der Waals surface area (Å²) in [5, 5.41) is 77.8. The Labute approximate surface area is 759 Å². The van der Waals surface area contributed by atoms with Crippen LogP contribution in [0.15, 0.2) is 85.2 Å². The molecular formula is C89H131N19O21S. The number of carboxylic acids is 1. The van der Waals surface area contributed by atoms with Crippen molar-refractivity contribution in [1.29, 1.82) is 0 Å². The number of aliphatic hydroxyl groups is 2. The Morgan fingerprint density at radius 3 is 1.44 bits per heavy atom. The predicted octanol–water partition coefficient (Wildman–Crippen LogP) is -0.911. The molecule has 2 aromatic heterocycles. The molecule has 40 nitrogen and oxygen atoms in total. The van der Waals surface area contributed by atoms with Gasteiger partial charge in [-0.25, -0.2) is 0 Å². The van der Waals surface area contributed by atoms with Gasteiger partial charge in [-0.1, -0.05) is 131 Å². The van der Waals surface area contributed by atoms with Crippen molar-refractivity contribution in [2.24, 2.45) is 41.1 Å². The number of aliphatic carboxylic acids is 1. The number of hydrogen-bond acceptors (Lipinski definition) is 22. The molecule has 1 fully saturated rings. The van der Waals surface area contributed by atoms with Crippen molar-refractivity contribution >= 4 is 134 Å². The molecule has 16 atom stereocenters. The van der Waals surface area contributed by atoms with Crippen LogP contribution in [0.4, 0.5) is 0 Å². The number of nitrogens with zero attached hydrogens (tertiary/aromatic N) is 1. The van der Waals surface area contributed by atoms with Gasteiger partial charge in [-0.15, -0.1) is 0 Å². The minimum atomic E-state index is -1.85. The maximum Gasteiger partial charge on any atom is 0.322 e. The fourth-order valence-electron chi connectivity index (χ4n) is 14.8. The van der Waals surface area contributed by atoms with Gasteiger partial charge in [0.1, 0.15) is 84.8 Å². The molecule has 130 heavy (non-hydrogen) atoms. The van der Waals surface area contributed by atoms with E-state index in [1.807, 2.05) is 20.8 Å². The minimum Gasteiger partial charge on any atom is -0.508 e. The summed E-state index contributed by atoms with van der Waals surface area (Å²) in [6.07, 6.45) is 3.41. The van der Waals surface area contributed by atoms with E-state index in [9.17, 15) is 97.1 Å². The van der Waals surface area contributed by atoms with Gasteiger partial charge >= 0.3 is 5.97 Å². The van der Waals surface area contributed by atoms with Crippen LogP contribution in [0.25, 0.3) is 21.8 Å². The maximum atomic E-state index is 15.4. The van der Waals surface area contributed by atoms with Crippen LogP contribution in [0.2, 0.25) is 0 Å². The standard InChI is InChI=1S/C89H131N19O21S/c1-13-49(9)74(86(126)96-44-73(115)116)106-83(123)66(38-53-40-92-59-22-17-15-20-56(53)59)101-79(119)61(29-30-70(91)112)99-81(121)64(36-48(7)8)102-85(125)69-24-19-32-108(69)89(129)67(39-54-41-93-60-23-18-16-21-57(54)60)104-80(120)62(31-33-130-12)97-71(113)43-95-87(127)76(51(11)110)107-84(124)68(45-109)98-72(114)42-94-78(118)63(35-47(5)6)100-82(122)65(37-52-25-27-55(111)28-26-52)103-88(128)75(50(10)14-2)105-77(117)58(90)34-46(3)4/h15-18,20-23,25-28,40-41,46-51,58,61-69,74-76,92-93,109-111H,13-14,19,24,29-39,42-45,90H2,1-12H3,(H2,91,112)(H,94,118)(H,95,127)(H,96,126)(H,97,113)(H,98,114)(H,99,121)(H,100,122)(H,101,119)(H,102,125)(H,103,128)(H,104,120)(H,105,117)(H,106,123)(H,107,124)(H,115,116)/t49-,50-,51+,58-,61-,62-,63-,64-,65-,66-,67-,68-,69-,74-,75-,76-/m0/s1. The summed E-state index contributed by atoms with van der Waals surface area (Å²) in [7, 11) is 0. The van der Waals surface area contributed by atoms with E-state index in [-0.39, 0.29) is 87.2 Å². The number of carbonyl (C=O) groups excluding carboxylic acids is 16. The number of likely N-dealkylation sites (tertiary alicyclic amines) is 1. The van der Waals surface area contributed by atoms with Gasteiger partial charge in [-0.2, -0.15) is 11.8 Å². The number of thioether (sulfide) groups is 1. The second-order valence-corrected chi connectivity index (χ2v) is 35.3. The monoisotopic (exact) mass is 1830 g/mol. The summed E-state index contributed by atoms with van der Waals surface area (Å²) in [5.41, 5.74) is 14.8. The lowest BCUT2D eigenvalue weighted by atomic mass is 9.96. The third kappa shape index (κ3) is 33.4. The fraction of sp³-hybridized carbons (Fsp3) is 0.562. The van der Waals surface area contributed by atoms with Crippen molar-refractivity contribution in [1.82, 2.24) is 89.3 Å². The van der Waals surface area contributed by atoms with Crippen molar-refractivity contribution in [3.63, 3.8) is 0 Å². The first kappa shape index (κ1) is 107. The first-order chi connectivity index (χ1) is 61.6. The Bertz CT molecular complexity index is 4730. The Morgan fingerprint density at radius 2 is 0.908 bits per heavy atom. The summed E-state index contributed by atoms with van der Waals surface area (Å²) in [5.74, 6) is -16.7. The lowest BCUT2D eigenvalue weighted by Gasteiger charge is -2.31. The van der Waals surface area contributed by atoms with Crippen LogP contribution in [-0.2, 0) is 101 Å². The molecule has 16 amide bonds. The molecule has 6 rings (SSSR count). The zero-order valence-electron chi connectivity index (χ0n) is 75.7. The van der Waals surface area contributed by atoms with Crippen molar-refractivity contribution < 1.29 is 102 Å². The van der Waals surface area contributed by atoms with E-state index in [4.69, 9.17) is 11.5 Å². The largest absolute Gasteiger partial charge is 0.508 e. The number of aromatic nitrogens is 2. The van der Waals surface area contributed by atoms with E-state index in [1.54, 1.807) is 116 Å². The number of fused-ring (bicyclic) bond motifs is 2. The van der Waals surface area contributed by atoms with Crippen LogP contribution in [0, 0.1) is 29.6 Å². The van der Waals surface area contributed by atoms with Crippen LogP contribution in [0.3, 0.4) is 0 Å². The second-order valence-electron chi connectivity index (χ2n) is 34.3. The van der Waals surface area contributed by atoms with Crippen molar-refractivity contribution in [2.75, 3.05) is 44.8 Å². The number of aromatic hydroxyl groups is 1. The number of aliphatic hydroxyl groups excluding tert-OH is 2. The van der Waals surface area contributed by atoms with E-state index < -0.39 is 236 Å². The van der Waals surface area contributed by atoms with Gasteiger partial charge in [-0.3, -0.25) is 81.5 Å². The van der Waals surface area contributed by atoms with Gasteiger partial charge in [0.15, 0.2) is 0 Å². The third-order valence-electron chi connectivity index (χ3n) is 22.4. The highest BCUT2D eigenvalue weighted by molar-refractivity contribution is 7.98. The van der Waals surface area contributed by atoms with Crippen molar-refractivity contribution in [2.45, 2.75) is 244 Å². The zero-order valence-corrected chi connectivity index (χ0v) is 76.5. The van der Waals surface area contributed by atoms with E-state index in [0.717, 1.165) is 6.92 Å². The van der Waals surface area contributed by atoms with Crippen LogP contribution in [0.5, 0.6) is 5.75 Å². The number of nitrogens with two attached hydrogens (primary N) is 2. The fourth-order valence-corrected chi connectivity index (χ4v) is 15.3. The van der Waals surface area contributed by atoms with Gasteiger partial charge in [-0.05, 0) is 134 Å². The number of H-pyrrole nitrogens is 2. The molecule has 1 aliphatic heterocycles. The van der Waals surface area contributed by atoms with Gasteiger partial charge in [0.05, 0.1) is 31.8 Å². The van der Waals surface area contributed by atoms with E-state index in [1.165, 1.54) is 40.9 Å². The average molecular weight is 1840 g/mol. The van der Waals surface area contributed by atoms with Crippen molar-refractivity contribution in [3.8, 4) is 5.75 Å². The molecule has 3 heterocycles. The van der Waals surface area contributed by atoms with E-state index >= 15 is 4.79 Å². The van der Waals surface area contributed by atoms with Crippen LogP contribution >= 0.6 is 11.8 Å². The number of rotatable bonds is 54.